The lowest BCUT2D eigenvalue weighted by atomic mass is 10.3. The fourth-order valence-electron chi connectivity index (χ4n) is 1.70. The van der Waals surface area contributed by atoms with Gasteiger partial charge in [0.2, 0.25) is 0 Å². The van der Waals surface area contributed by atoms with Crippen molar-refractivity contribution in [3.63, 3.8) is 0 Å². The first-order valence-electron chi connectivity index (χ1n) is 6.24. The Kier molecular flexibility index (Phi) is 4.79. The van der Waals surface area contributed by atoms with Crippen molar-refractivity contribution in [1.29, 1.82) is 0 Å². The van der Waals surface area contributed by atoms with Gasteiger partial charge in [0.05, 0.1) is 11.0 Å². The highest BCUT2D eigenvalue weighted by molar-refractivity contribution is 9.10. The molecule has 0 saturated carbocycles. The summed E-state index contributed by atoms with van der Waals surface area (Å²) < 4.78 is 8.32. The van der Waals surface area contributed by atoms with Crippen molar-refractivity contribution in [1.82, 2.24) is 14.9 Å². The van der Waals surface area contributed by atoms with Crippen LogP contribution in [-0.2, 0) is 7.05 Å². The van der Waals surface area contributed by atoms with Crippen LogP contribution < -0.4 is 10.1 Å². The van der Waals surface area contributed by atoms with Crippen LogP contribution in [0.5, 0.6) is 5.75 Å². The molecule has 5 nitrogen and oxygen atoms in total. The first-order chi connectivity index (χ1) is 9.58. The molecule has 2 rings (SSSR count). The molecule has 0 saturated heterocycles. The Labute approximate surface area is 126 Å². The topological polar surface area (TPSA) is 56.2 Å². The van der Waals surface area contributed by atoms with Crippen molar-refractivity contribution in [3.05, 3.63) is 47.0 Å². The summed E-state index contributed by atoms with van der Waals surface area (Å²) in [7, 11) is 1.78. The standard InChI is InChI=1S/C14H16BrN3O2/c1-10(20-12-6-4-3-5-11(12)15)9-17-14(19)13-16-7-8-18(13)2/h3-8,10H,9H2,1-2H3,(H,17,19)/t10-/m0/s1. The molecule has 0 aliphatic rings. The summed E-state index contributed by atoms with van der Waals surface area (Å²) in [4.78, 5) is 15.9. The monoisotopic (exact) mass is 337 g/mol. The maximum Gasteiger partial charge on any atom is 0.287 e. The van der Waals surface area contributed by atoms with E-state index in [9.17, 15) is 4.79 Å². The summed E-state index contributed by atoms with van der Waals surface area (Å²) in [6.07, 6.45) is 3.18. The Balaban J connectivity index is 1.87. The molecule has 1 atom stereocenters. The van der Waals surface area contributed by atoms with E-state index in [1.165, 1.54) is 0 Å². The predicted octanol–water partition coefficient (Wildman–Crippen LogP) is 2.38. The van der Waals surface area contributed by atoms with Crippen LogP contribution in [0.15, 0.2) is 41.1 Å². The van der Waals surface area contributed by atoms with E-state index in [0.717, 1.165) is 10.2 Å². The van der Waals surface area contributed by atoms with Gasteiger partial charge in [0.25, 0.3) is 5.91 Å². The second-order valence-corrected chi connectivity index (χ2v) is 5.29. The molecule has 1 aromatic heterocycles. The number of nitrogens with one attached hydrogen (secondary N) is 1. The summed E-state index contributed by atoms with van der Waals surface area (Å²) in [6.45, 7) is 2.31. The summed E-state index contributed by atoms with van der Waals surface area (Å²) in [5.41, 5.74) is 0. The summed E-state index contributed by atoms with van der Waals surface area (Å²) >= 11 is 3.42. The van der Waals surface area contributed by atoms with Crippen LogP contribution in [0.4, 0.5) is 0 Å². The lowest BCUT2D eigenvalue weighted by molar-refractivity contribution is 0.0918. The maximum absolute atomic E-state index is 11.9. The molecule has 0 spiro atoms. The number of amides is 1. The molecule has 0 radical (unpaired) electrons. The number of aryl methyl sites for hydroxylation is 1. The molecule has 6 heteroatoms. The lowest BCUT2D eigenvalue weighted by Gasteiger charge is -2.16. The van der Waals surface area contributed by atoms with Gasteiger partial charge in [0, 0.05) is 19.4 Å². The van der Waals surface area contributed by atoms with Gasteiger partial charge in [-0.1, -0.05) is 12.1 Å². The summed E-state index contributed by atoms with van der Waals surface area (Å²) in [5.74, 6) is 0.935. The highest BCUT2D eigenvalue weighted by Crippen LogP contribution is 2.24. The number of nitrogens with zero attached hydrogens (tertiary/aromatic N) is 2. The Bertz CT molecular complexity index is 598. The number of imidazole rings is 1. The molecular formula is C14H16BrN3O2. The van der Waals surface area contributed by atoms with Crippen molar-refractivity contribution in [2.24, 2.45) is 7.05 Å². The van der Waals surface area contributed by atoms with Gasteiger partial charge in [-0.2, -0.15) is 0 Å². The van der Waals surface area contributed by atoms with E-state index in [1.54, 1.807) is 24.0 Å². The molecule has 2 aromatic rings. The molecule has 1 aromatic carbocycles. The molecule has 0 bridgehead atoms. The molecular weight excluding hydrogens is 322 g/mol. The van der Waals surface area contributed by atoms with Crippen LogP contribution in [0.25, 0.3) is 0 Å². The molecule has 0 aliphatic carbocycles. The van der Waals surface area contributed by atoms with Crippen LogP contribution in [0.1, 0.15) is 17.5 Å². The van der Waals surface area contributed by atoms with Crippen molar-refractivity contribution in [2.75, 3.05) is 6.54 Å². The first kappa shape index (κ1) is 14.6. The van der Waals surface area contributed by atoms with E-state index >= 15 is 0 Å². The number of carbonyl (C=O) groups is 1. The van der Waals surface area contributed by atoms with E-state index in [4.69, 9.17) is 4.74 Å². The number of halogens is 1. The van der Waals surface area contributed by atoms with E-state index in [1.807, 2.05) is 31.2 Å². The van der Waals surface area contributed by atoms with Gasteiger partial charge >= 0.3 is 0 Å². The second kappa shape index (κ2) is 6.56. The third-order valence-corrected chi connectivity index (χ3v) is 3.39. The average molecular weight is 338 g/mol. The largest absolute Gasteiger partial charge is 0.488 e. The highest BCUT2D eigenvalue weighted by Gasteiger charge is 2.13. The molecule has 106 valence electrons. The second-order valence-electron chi connectivity index (χ2n) is 4.43. The molecule has 0 aliphatic heterocycles. The average Bonchev–Trinajstić information content (AvgIpc) is 2.85. The van der Waals surface area contributed by atoms with Gasteiger partial charge in [0.15, 0.2) is 5.82 Å². The van der Waals surface area contributed by atoms with Crippen molar-refractivity contribution >= 4 is 21.8 Å². The number of hydrogen-bond acceptors (Lipinski definition) is 3. The molecule has 1 amide bonds. The quantitative estimate of drug-likeness (QED) is 0.911. The number of benzene rings is 1. The Hall–Kier alpha value is -1.82. The lowest BCUT2D eigenvalue weighted by Crippen LogP contribution is -2.34. The van der Waals surface area contributed by atoms with Crippen molar-refractivity contribution < 1.29 is 9.53 Å². The third-order valence-electron chi connectivity index (χ3n) is 2.74. The number of para-hydroxylation sites is 1. The van der Waals surface area contributed by atoms with Gasteiger partial charge in [0.1, 0.15) is 11.9 Å². The predicted molar refractivity (Wildman–Crippen MR) is 79.8 cm³/mol. The van der Waals surface area contributed by atoms with Crippen LogP contribution >= 0.6 is 15.9 Å². The van der Waals surface area contributed by atoms with E-state index in [2.05, 4.69) is 26.2 Å². The van der Waals surface area contributed by atoms with Crippen LogP contribution in [0.3, 0.4) is 0 Å². The summed E-state index contributed by atoms with van der Waals surface area (Å²) in [5, 5.41) is 2.80. The fraction of sp³-hybridized carbons (Fsp3) is 0.286. The number of rotatable bonds is 5. The maximum atomic E-state index is 11.9. The minimum Gasteiger partial charge on any atom is -0.488 e. The molecule has 0 fully saturated rings. The molecule has 1 heterocycles. The number of hydrogen-bond donors (Lipinski definition) is 1. The third kappa shape index (κ3) is 3.60. The molecule has 20 heavy (non-hydrogen) atoms. The van der Waals surface area contributed by atoms with E-state index in [-0.39, 0.29) is 12.0 Å². The smallest absolute Gasteiger partial charge is 0.287 e. The van der Waals surface area contributed by atoms with Gasteiger partial charge in [-0.3, -0.25) is 4.79 Å². The van der Waals surface area contributed by atoms with Crippen LogP contribution in [0, 0.1) is 0 Å². The van der Waals surface area contributed by atoms with Crippen LogP contribution in [-0.4, -0.2) is 28.1 Å². The number of aromatic nitrogens is 2. The van der Waals surface area contributed by atoms with E-state index in [0.29, 0.717) is 12.4 Å². The van der Waals surface area contributed by atoms with E-state index < -0.39 is 0 Å². The van der Waals surface area contributed by atoms with Gasteiger partial charge < -0.3 is 14.6 Å². The Morgan fingerprint density at radius 2 is 2.25 bits per heavy atom. The Morgan fingerprint density at radius 1 is 1.50 bits per heavy atom. The molecule has 0 unspecified atom stereocenters. The molecule has 1 N–H and O–H groups in total. The highest BCUT2D eigenvalue weighted by atomic mass is 79.9. The van der Waals surface area contributed by atoms with Gasteiger partial charge in [-0.15, -0.1) is 0 Å². The van der Waals surface area contributed by atoms with Gasteiger partial charge in [-0.05, 0) is 35.0 Å². The zero-order valence-electron chi connectivity index (χ0n) is 11.3. The van der Waals surface area contributed by atoms with Crippen LogP contribution in [0.2, 0.25) is 0 Å². The normalized spacial score (nSPS) is 11.9. The SMILES string of the molecule is C[C@@H](CNC(=O)c1nccn1C)Oc1ccccc1Br. The Morgan fingerprint density at radius 3 is 2.90 bits per heavy atom. The number of ether oxygens (including phenoxy) is 1. The summed E-state index contributed by atoms with van der Waals surface area (Å²) in [6, 6.07) is 7.61. The van der Waals surface area contributed by atoms with Crippen molar-refractivity contribution in [2.45, 2.75) is 13.0 Å². The van der Waals surface area contributed by atoms with Crippen molar-refractivity contribution in [3.8, 4) is 5.75 Å². The minimum atomic E-state index is -0.208. The first-order valence-corrected chi connectivity index (χ1v) is 7.04. The fourth-order valence-corrected chi connectivity index (χ4v) is 2.08. The number of carbonyl (C=O) groups excluding carboxylic acids is 1. The zero-order valence-corrected chi connectivity index (χ0v) is 12.9. The van der Waals surface area contributed by atoms with Gasteiger partial charge in [-0.25, -0.2) is 4.98 Å². The minimum absolute atomic E-state index is 0.141. The zero-order chi connectivity index (χ0) is 14.5.